The average Bonchev–Trinajstić information content (AvgIpc) is 3.36. The highest BCUT2D eigenvalue weighted by molar-refractivity contribution is 6.36. The monoisotopic (exact) mass is 534 g/mol. The van der Waals surface area contributed by atoms with Crippen LogP contribution in [-0.4, -0.2) is 38.9 Å². The van der Waals surface area contributed by atoms with Crippen LogP contribution in [0.25, 0.3) is 0 Å². The predicted molar refractivity (Wildman–Crippen MR) is 138 cm³/mol. The maximum atomic E-state index is 13.4. The highest BCUT2D eigenvalue weighted by atomic mass is 35.5. The van der Waals surface area contributed by atoms with Crippen LogP contribution in [-0.2, 0) is 0 Å². The normalized spacial score (nSPS) is 18.6. The van der Waals surface area contributed by atoms with Crippen LogP contribution in [0.5, 0.6) is 17.2 Å². The SMILES string of the molecule is O=C(NCC1=C(Cl)CCC=C1Cl)c1ccccc1F.c1cc2c(cc1OCC1CCCNC1)OCO2. The number of piperidine rings is 1. The number of hydrogen-bond acceptors (Lipinski definition) is 5. The molecule has 0 aromatic heterocycles. The van der Waals surface area contributed by atoms with Gasteiger partial charge in [0.1, 0.15) is 11.6 Å². The van der Waals surface area contributed by atoms with Crippen LogP contribution in [0.15, 0.2) is 64.2 Å². The Morgan fingerprint density at radius 3 is 2.78 bits per heavy atom. The summed E-state index contributed by atoms with van der Waals surface area (Å²) in [7, 11) is 0. The van der Waals surface area contributed by atoms with Gasteiger partial charge in [0.2, 0.25) is 6.79 Å². The van der Waals surface area contributed by atoms with Gasteiger partial charge in [-0.2, -0.15) is 0 Å². The van der Waals surface area contributed by atoms with E-state index in [0.717, 1.165) is 43.4 Å². The number of ether oxygens (including phenoxy) is 3. The summed E-state index contributed by atoms with van der Waals surface area (Å²) < 4.78 is 29.8. The molecule has 1 aliphatic carbocycles. The summed E-state index contributed by atoms with van der Waals surface area (Å²) in [5.74, 6) is 2.03. The van der Waals surface area contributed by atoms with Gasteiger partial charge in [-0.05, 0) is 56.5 Å². The lowest BCUT2D eigenvalue weighted by Crippen LogP contribution is -2.33. The second kappa shape index (κ2) is 13.0. The first kappa shape index (κ1) is 26.3. The van der Waals surface area contributed by atoms with E-state index in [0.29, 0.717) is 34.8 Å². The smallest absolute Gasteiger partial charge is 0.254 e. The van der Waals surface area contributed by atoms with E-state index in [-0.39, 0.29) is 12.1 Å². The number of carbonyl (C=O) groups is 1. The lowest BCUT2D eigenvalue weighted by atomic mass is 10.0. The van der Waals surface area contributed by atoms with E-state index < -0.39 is 11.7 Å². The minimum Gasteiger partial charge on any atom is -0.493 e. The molecule has 0 radical (unpaired) electrons. The first-order chi connectivity index (χ1) is 17.5. The molecule has 3 aliphatic rings. The minimum atomic E-state index is -0.551. The molecule has 0 bridgehead atoms. The van der Waals surface area contributed by atoms with Crippen molar-refractivity contribution in [3.8, 4) is 17.2 Å². The van der Waals surface area contributed by atoms with Gasteiger partial charge in [-0.25, -0.2) is 4.39 Å². The van der Waals surface area contributed by atoms with Gasteiger partial charge < -0.3 is 24.8 Å². The van der Waals surface area contributed by atoms with E-state index in [9.17, 15) is 9.18 Å². The zero-order chi connectivity index (χ0) is 25.3. The van der Waals surface area contributed by atoms with Crippen molar-refractivity contribution in [3.63, 3.8) is 0 Å². The van der Waals surface area contributed by atoms with E-state index in [2.05, 4.69) is 10.6 Å². The van der Waals surface area contributed by atoms with Gasteiger partial charge in [0, 0.05) is 40.7 Å². The van der Waals surface area contributed by atoms with Gasteiger partial charge >= 0.3 is 0 Å². The molecular weight excluding hydrogens is 506 g/mol. The van der Waals surface area contributed by atoms with Crippen LogP contribution in [0.4, 0.5) is 4.39 Å². The largest absolute Gasteiger partial charge is 0.493 e. The van der Waals surface area contributed by atoms with Crippen molar-refractivity contribution >= 4 is 29.1 Å². The third-order valence-corrected chi connectivity index (χ3v) is 6.88. The molecule has 1 amide bonds. The zero-order valence-electron chi connectivity index (χ0n) is 19.8. The molecule has 0 saturated carbocycles. The molecule has 0 spiro atoms. The molecule has 1 atom stereocenters. The second-order valence-electron chi connectivity index (χ2n) is 8.68. The number of fused-ring (bicyclic) bond motifs is 1. The molecular formula is C27H29Cl2FN2O4. The molecule has 1 unspecified atom stereocenters. The fraction of sp³-hybridized carbons (Fsp3) is 0.370. The highest BCUT2D eigenvalue weighted by Gasteiger charge is 2.17. The second-order valence-corrected chi connectivity index (χ2v) is 9.54. The van der Waals surface area contributed by atoms with Gasteiger partial charge in [0.15, 0.2) is 11.5 Å². The van der Waals surface area contributed by atoms with Crippen molar-refractivity contribution < 1.29 is 23.4 Å². The van der Waals surface area contributed by atoms with Crippen LogP contribution < -0.4 is 24.8 Å². The maximum absolute atomic E-state index is 13.4. The summed E-state index contributed by atoms with van der Waals surface area (Å²) in [6, 6.07) is 11.6. The molecule has 6 nitrogen and oxygen atoms in total. The van der Waals surface area contributed by atoms with Crippen LogP contribution >= 0.6 is 23.2 Å². The van der Waals surface area contributed by atoms with E-state index in [1.807, 2.05) is 24.3 Å². The number of halogens is 3. The molecule has 2 aliphatic heterocycles. The van der Waals surface area contributed by atoms with Crippen molar-refractivity contribution in [2.75, 3.05) is 33.0 Å². The number of nitrogens with one attached hydrogen (secondary N) is 2. The molecule has 192 valence electrons. The van der Waals surface area contributed by atoms with Crippen molar-refractivity contribution in [2.24, 2.45) is 5.92 Å². The molecule has 9 heteroatoms. The molecule has 5 rings (SSSR count). The third-order valence-electron chi connectivity index (χ3n) is 6.08. The number of rotatable bonds is 6. The number of carbonyl (C=O) groups excluding carboxylic acids is 1. The van der Waals surface area contributed by atoms with E-state index >= 15 is 0 Å². The lowest BCUT2D eigenvalue weighted by Gasteiger charge is -2.22. The summed E-state index contributed by atoms with van der Waals surface area (Å²) in [6.07, 6.45) is 5.86. The van der Waals surface area contributed by atoms with Crippen LogP contribution in [0.2, 0.25) is 0 Å². The van der Waals surface area contributed by atoms with E-state index in [1.165, 1.54) is 31.0 Å². The summed E-state index contributed by atoms with van der Waals surface area (Å²) in [5.41, 5.74) is 0.703. The molecule has 2 N–H and O–H groups in total. The number of allylic oxidation sites excluding steroid dienone is 2. The van der Waals surface area contributed by atoms with E-state index in [4.69, 9.17) is 37.4 Å². The lowest BCUT2D eigenvalue weighted by molar-refractivity contribution is 0.0953. The molecule has 1 saturated heterocycles. The Hall–Kier alpha value is -2.74. The first-order valence-electron chi connectivity index (χ1n) is 12.0. The van der Waals surface area contributed by atoms with Crippen molar-refractivity contribution in [1.29, 1.82) is 0 Å². The zero-order valence-corrected chi connectivity index (χ0v) is 21.3. The Morgan fingerprint density at radius 1 is 1.17 bits per heavy atom. The highest BCUT2D eigenvalue weighted by Crippen LogP contribution is 2.35. The summed E-state index contributed by atoms with van der Waals surface area (Å²) >= 11 is 12.1. The van der Waals surface area contributed by atoms with E-state index in [1.54, 1.807) is 6.07 Å². The fourth-order valence-corrected chi connectivity index (χ4v) is 4.68. The Morgan fingerprint density at radius 2 is 2.00 bits per heavy atom. The van der Waals surface area contributed by atoms with Crippen LogP contribution in [0.1, 0.15) is 36.0 Å². The van der Waals surface area contributed by atoms with Gasteiger partial charge in [-0.3, -0.25) is 4.79 Å². The predicted octanol–water partition coefficient (Wildman–Crippen LogP) is 5.76. The van der Waals surface area contributed by atoms with Crippen LogP contribution in [0, 0.1) is 11.7 Å². The molecule has 2 aromatic carbocycles. The summed E-state index contributed by atoms with van der Waals surface area (Å²) in [5, 5.41) is 7.20. The molecule has 2 aromatic rings. The van der Waals surface area contributed by atoms with Gasteiger partial charge in [-0.1, -0.05) is 41.4 Å². The quantitative estimate of drug-likeness (QED) is 0.493. The van der Waals surface area contributed by atoms with Gasteiger partial charge in [0.25, 0.3) is 5.91 Å². The minimum absolute atomic E-state index is 0.00938. The number of amides is 1. The van der Waals surface area contributed by atoms with Gasteiger partial charge in [-0.15, -0.1) is 0 Å². The molecule has 36 heavy (non-hydrogen) atoms. The third kappa shape index (κ3) is 7.15. The Bertz CT molecular complexity index is 1130. The van der Waals surface area contributed by atoms with Crippen LogP contribution in [0.3, 0.4) is 0 Å². The van der Waals surface area contributed by atoms with Crippen molar-refractivity contribution in [1.82, 2.24) is 10.6 Å². The average molecular weight is 535 g/mol. The summed E-state index contributed by atoms with van der Waals surface area (Å²) in [6.45, 7) is 3.48. The number of hydrogen-bond donors (Lipinski definition) is 2. The molecule has 2 heterocycles. The Balaban J connectivity index is 0.000000170. The Kier molecular flexibility index (Phi) is 9.50. The fourth-order valence-electron chi connectivity index (χ4n) is 4.07. The first-order valence-corrected chi connectivity index (χ1v) is 12.8. The summed E-state index contributed by atoms with van der Waals surface area (Å²) in [4.78, 5) is 11.8. The number of benzene rings is 2. The Labute approximate surface area is 220 Å². The van der Waals surface area contributed by atoms with Crippen molar-refractivity contribution in [2.45, 2.75) is 25.7 Å². The topological polar surface area (TPSA) is 68.8 Å². The standard InChI is InChI=1S/C14H12Cl2FNO.C13H17NO3/c15-11-5-3-6-12(16)10(11)8-18-14(19)9-4-1-2-7-13(9)17;1-2-10(7-14-5-1)8-15-11-3-4-12-13(6-11)17-9-16-12/h1-2,4-5,7H,3,6,8H2,(H,18,19);3-4,6,10,14H,1-2,5,7-9H2. The van der Waals surface area contributed by atoms with Gasteiger partial charge in [0.05, 0.1) is 12.2 Å². The van der Waals surface area contributed by atoms with Crippen molar-refractivity contribution in [3.05, 3.63) is 75.6 Å². The molecule has 1 fully saturated rings. The maximum Gasteiger partial charge on any atom is 0.254 e.